The maximum absolute atomic E-state index is 13.1. The molecule has 2 aliphatic rings. The lowest BCUT2D eigenvalue weighted by atomic mass is 9.87. The molecule has 2 unspecified atom stereocenters. The van der Waals surface area contributed by atoms with Crippen molar-refractivity contribution in [2.75, 3.05) is 33.3 Å². The van der Waals surface area contributed by atoms with Gasteiger partial charge in [0.2, 0.25) is 11.8 Å². The highest BCUT2D eigenvalue weighted by atomic mass is 16.5. The van der Waals surface area contributed by atoms with Crippen molar-refractivity contribution in [1.29, 1.82) is 0 Å². The predicted octanol–water partition coefficient (Wildman–Crippen LogP) is 2.52. The Labute approximate surface area is 149 Å². The Bertz CT molecular complexity index is 638. The summed E-state index contributed by atoms with van der Waals surface area (Å²) < 4.78 is 5.53. The van der Waals surface area contributed by atoms with Gasteiger partial charge >= 0.3 is 0 Å². The Balaban J connectivity index is 1.90. The third-order valence-electron chi connectivity index (χ3n) is 5.49. The summed E-state index contributed by atoms with van der Waals surface area (Å²) in [6, 6.07) is 7.87. The molecule has 1 aliphatic carbocycles. The fraction of sp³-hybridized carbons (Fsp3) is 0.600. The zero-order chi connectivity index (χ0) is 18.0. The molecule has 1 aliphatic heterocycles. The van der Waals surface area contributed by atoms with Crippen molar-refractivity contribution in [3.63, 3.8) is 0 Å². The summed E-state index contributed by atoms with van der Waals surface area (Å²) in [6.45, 7) is 6.52. The van der Waals surface area contributed by atoms with Crippen molar-refractivity contribution in [3.8, 4) is 5.75 Å². The monoisotopic (exact) mass is 344 g/mol. The fourth-order valence-electron chi connectivity index (χ4n) is 3.88. The molecule has 1 aromatic rings. The second-order valence-electron chi connectivity index (χ2n) is 6.98. The number of nitrogens with zero attached hydrogens (tertiary/aromatic N) is 2. The van der Waals surface area contributed by atoms with E-state index in [1.807, 2.05) is 47.9 Å². The van der Waals surface area contributed by atoms with E-state index in [0.29, 0.717) is 26.2 Å². The van der Waals surface area contributed by atoms with E-state index in [1.165, 1.54) is 0 Å². The third-order valence-corrected chi connectivity index (χ3v) is 5.49. The second-order valence-corrected chi connectivity index (χ2v) is 6.98. The lowest BCUT2D eigenvalue weighted by Gasteiger charge is -2.26. The molecule has 25 heavy (non-hydrogen) atoms. The smallest absolute Gasteiger partial charge is 0.228 e. The molecule has 2 fully saturated rings. The first-order chi connectivity index (χ1) is 12.1. The van der Waals surface area contributed by atoms with E-state index in [1.54, 1.807) is 7.11 Å². The molecular weight excluding hydrogens is 316 g/mol. The minimum absolute atomic E-state index is 0.00745. The van der Waals surface area contributed by atoms with Gasteiger partial charge in [-0.1, -0.05) is 18.2 Å². The lowest BCUT2D eigenvalue weighted by molar-refractivity contribution is -0.135. The van der Waals surface area contributed by atoms with Crippen LogP contribution in [0.25, 0.3) is 0 Å². The van der Waals surface area contributed by atoms with E-state index in [2.05, 4.69) is 0 Å². The highest BCUT2D eigenvalue weighted by Crippen LogP contribution is 2.41. The van der Waals surface area contributed by atoms with E-state index in [4.69, 9.17) is 4.74 Å². The van der Waals surface area contributed by atoms with Gasteiger partial charge in [-0.15, -0.1) is 0 Å². The van der Waals surface area contributed by atoms with E-state index < -0.39 is 0 Å². The number of carbonyl (C=O) groups is 2. The number of carbonyl (C=O) groups excluding carboxylic acids is 2. The summed E-state index contributed by atoms with van der Waals surface area (Å²) in [5.74, 6) is 1.14. The summed E-state index contributed by atoms with van der Waals surface area (Å²) in [7, 11) is 1.65. The molecule has 136 valence electrons. The van der Waals surface area contributed by atoms with Crippen LogP contribution in [-0.4, -0.2) is 54.9 Å². The summed E-state index contributed by atoms with van der Waals surface area (Å²) in [6.07, 6.45) is 1.98. The topological polar surface area (TPSA) is 49.9 Å². The maximum atomic E-state index is 13.1. The molecule has 1 aromatic carbocycles. The zero-order valence-electron chi connectivity index (χ0n) is 15.4. The molecule has 1 saturated heterocycles. The van der Waals surface area contributed by atoms with Crippen LogP contribution in [0.15, 0.2) is 24.3 Å². The molecular formula is C20H28N2O3. The number of amides is 2. The normalized spacial score (nSPS) is 22.8. The summed E-state index contributed by atoms with van der Waals surface area (Å²) in [4.78, 5) is 29.5. The number of likely N-dealkylation sites (tertiary alicyclic amines) is 1. The van der Waals surface area contributed by atoms with Crippen LogP contribution in [0.3, 0.4) is 0 Å². The highest BCUT2D eigenvalue weighted by Gasteiger charge is 2.45. The molecule has 2 amide bonds. The Morgan fingerprint density at radius 1 is 1.16 bits per heavy atom. The van der Waals surface area contributed by atoms with Gasteiger partial charge in [-0.05, 0) is 38.3 Å². The number of hydrogen-bond donors (Lipinski definition) is 0. The molecule has 1 heterocycles. The Morgan fingerprint density at radius 3 is 2.44 bits per heavy atom. The van der Waals surface area contributed by atoms with Crippen LogP contribution in [0.5, 0.6) is 5.75 Å². The highest BCUT2D eigenvalue weighted by molar-refractivity contribution is 5.85. The summed E-state index contributed by atoms with van der Waals surface area (Å²) >= 11 is 0. The van der Waals surface area contributed by atoms with Crippen LogP contribution >= 0.6 is 0 Å². The Kier molecular flexibility index (Phi) is 5.30. The van der Waals surface area contributed by atoms with E-state index in [9.17, 15) is 9.59 Å². The average molecular weight is 344 g/mol. The van der Waals surface area contributed by atoms with Gasteiger partial charge in [-0.2, -0.15) is 0 Å². The lowest BCUT2D eigenvalue weighted by Crippen LogP contribution is -2.39. The standard InChI is InChI=1S/C20H28N2O3/c1-4-21(5-2)20(24)17-13-22(19(23)14-10-11-14)12-16(17)15-8-6-7-9-18(15)25-3/h6-9,14,16-17H,4-5,10-13H2,1-3H3. The van der Waals surface area contributed by atoms with Gasteiger partial charge in [0.1, 0.15) is 5.75 Å². The SMILES string of the molecule is CCN(CC)C(=O)C1CN(C(=O)C2CC2)CC1c1ccccc1OC. The van der Waals surface area contributed by atoms with Gasteiger partial charge in [-0.25, -0.2) is 0 Å². The molecule has 0 radical (unpaired) electrons. The number of methoxy groups -OCH3 is 1. The largest absolute Gasteiger partial charge is 0.496 e. The molecule has 3 rings (SSSR count). The van der Waals surface area contributed by atoms with Crippen molar-refractivity contribution in [1.82, 2.24) is 9.80 Å². The van der Waals surface area contributed by atoms with Crippen molar-refractivity contribution in [3.05, 3.63) is 29.8 Å². The molecule has 0 bridgehead atoms. The first-order valence-electron chi connectivity index (χ1n) is 9.31. The fourth-order valence-corrected chi connectivity index (χ4v) is 3.88. The van der Waals surface area contributed by atoms with E-state index in [0.717, 1.165) is 24.2 Å². The van der Waals surface area contributed by atoms with Crippen LogP contribution in [0.1, 0.15) is 38.2 Å². The van der Waals surface area contributed by atoms with Crippen LogP contribution in [0.4, 0.5) is 0 Å². The zero-order valence-corrected chi connectivity index (χ0v) is 15.4. The Morgan fingerprint density at radius 2 is 1.84 bits per heavy atom. The second kappa shape index (κ2) is 7.46. The molecule has 5 heteroatoms. The predicted molar refractivity (Wildman–Crippen MR) is 96.5 cm³/mol. The van der Waals surface area contributed by atoms with Crippen molar-refractivity contribution < 1.29 is 14.3 Å². The third kappa shape index (κ3) is 3.51. The van der Waals surface area contributed by atoms with Gasteiger partial charge in [0.25, 0.3) is 0 Å². The summed E-state index contributed by atoms with van der Waals surface area (Å²) in [5.41, 5.74) is 1.03. The molecule has 2 atom stereocenters. The minimum atomic E-state index is -0.195. The van der Waals surface area contributed by atoms with E-state index in [-0.39, 0.29) is 29.6 Å². The van der Waals surface area contributed by atoms with Gasteiger partial charge in [-0.3, -0.25) is 9.59 Å². The van der Waals surface area contributed by atoms with Gasteiger partial charge in [0, 0.05) is 38.0 Å². The summed E-state index contributed by atoms with van der Waals surface area (Å²) in [5, 5.41) is 0. The molecule has 0 aromatic heterocycles. The number of benzene rings is 1. The maximum Gasteiger partial charge on any atom is 0.228 e. The van der Waals surface area contributed by atoms with Crippen LogP contribution in [-0.2, 0) is 9.59 Å². The van der Waals surface area contributed by atoms with Crippen LogP contribution in [0, 0.1) is 11.8 Å². The first-order valence-corrected chi connectivity index (χ1v) is 9.31. The first kappa shape index (κ1) is 17.8. The van der Waals surface area contributed by atoms with Gasteiger partial charge < -0.3 is 14.5 Å². The van der Waals surface area contributed by atoms with Gasteiger partial charge in [0.15, 0.2) is 0 Å². The minimum Gasteiger partial charge on any atom is -0.496 e. The van der Waals surface area contributed by atoms with Crippen molar-refractivity contribution >= 4 is 11.8 Å². The van der Waals surface area contributed by atoms with Crippen LogP contribution in [0.2, 0.25) is 0 Å². The van der Waals surface area contributed by atoms with Crippen molar-refractivity contribution in [2.24, 2.45) is 11.8 Å². The van der Waals surface area contributed by atoms with Crippen LogP contribution < -0.4 is 4.74 Å². The number of para-hydroxylation sites is 1. The molecule has 0 N–H and O–H groups in total. The number of rotatable bonds is 6. The Hall–Kier alpha value is -2.04. The van der Waals surface area contributed by atoms with Crippen molar-refractivity contribution in [2.45, 2.75) is 32.6 Å². The average Bonchev–Trinajstić information content (AvgIpc) is 3.40. The quantitative estimate of drug-likeness (QED) is 0.797. The van der Waals surface area contributed by atoms with Gasteiger partial charge in [0.05, 0.1) is 13.0 Å². The molecule has 0 spiro atoms. The number of hydrogen-bond acceptors (Lipinski definition) is 3. The molecule has 1 saturated carbocycles. The van der Waals surface area contributed by atoms with E-state index >= 15 is 0 Å². The number of ether oxygens (including phenoxy) is 1. The molecule has 5 nitrogen and oxygen atoms in total.